The highest BCUT2D eigenvalue weighted by atomic mass is 79.9. The highest BCUT2D eigenvalue weighted by Crippen LogP contribution is 2.44. The molecule has 8 nitrogen and oxygen atoms in total. The number of hydrogen-bond donors (Lipinski definition) is 0. The Kier molecular flexibility index (Phi) is 8.12. The van der Waals surface area contributed by atoms with Gasteiger partial charge >= 0.3 is 5.97 Å². The van der Waals surface area contributed by atoms with Crippen LogP contribution in [0.4, 0.5) is 5.69 Å². The van der Waals surface area contributed by atoms with Crippen molar-refractivity contribution < 1.29 is 28.6 Å². The molecule has 9 heteroatoms. The van der Waals surface area contributed by atoms with Crippen LogP contribution in [0.3, 0.4) is 0 Å². The second-order valence-electron chi connectivity index (χ2n) is 9.98. The minimum Gasteiger partial charge on any atom is -0.496 e. The van der Waals surface area contributed by atoms with Gasteiger partial charge < -0.3 is 24.0 Å². The molecule has 0 N–H and O–H groups in total. The maximum Gasteiger partial charge on any atom is 0.337 e. The van der Waals surface area contributed by atoms with Crippen LogP contribution in [0.1, 0.15) is 45.9 Å². The largest absolute Gasteiger partial charge is 0.496 e. The van der Waals surface area contributed by atoms with Gasteiger partial charge in [0.1, 0.15) is 18.1 Å². The lowest BCUT2D eigenvalue weighted by atomic mass is 9.82. The molecule has 0 bridgehead atoms. The normalized spacial score (nSPS) is 18.9. The van der Waals surface area contributed by atoms with Crippen molar-refractivity contribution in [2.24, 2.45) is 5.92 Å². The maximum atomic E-state index is 14.4. The molecule has 3 aromatic rings. The first-order chi connectivity index (χ1) is 19.3. The summed E-state index contributed by atoms with van der Waals surface area (Å²) < 4.78 is 17.2. The van der Waals surface area contributed by atoms with Gasteiger partial charge in [-0.15, -0.1) is 0 Å². The molecule has 0 aliphatic carbocycles. The summed E-state index contributed by atoms with van der Waals surface area (Å²) in [6.45, 7) is 2.91. The van der Waals surface area contributed by atoms with E-state index in [-0.39, 0.29) is 24.8 Å². The first kappa shape index (κ1) is 27.7. The number of anilines is 1. The summed E-state index contributed by atoms with van der Waals surface area (Å²) in [5, 5.41) is 0. The second kappa shape index (κ2) is 11.7. The fourth-order valence-electron chi connectivity index (χ4n) is 5.56. The van der Waals surface area contributed by atoms with Crippen LogP contribution in [-0.4, -0.2) is 50.1 Å². The Morgan fingerprint density at radius 1 is 1.05 bits per heavy atom. The molecule has 3 aromatic carbocycles. The number of para-hydroxylation sites is 1. The van der Waals surface area contributed by atoms with Gasteiger partial charge in [0.25, 0.3) is 0 Å². The number of rotatable bonds is 5. The van der Waals surface area contributed by atoms with Gasteiger partial charge in [0.05, 0.1) is 42.8 Å². The fraction of sp³-hybridized carbons (Fsp3) is 0.323. The highest BCUT2D eigenvalue weighted by Gasteiger charge is 2.44. The lowest BCUT2D eigenvalue weighted by Gasteiger charge is -2.42. The first-order valence-corrected chi connectivity index (χ1v) is 14.0. The zero-order valence-electron chi connectivity index (χ0n) is 22.7. The number of esters is 1. The third kappa shape index (κ3) is 5.30. The molecule has 2 amide bonds. The molecule has 208 valence electrons. The van der Waals surface area contributed by atoms with E-state index in [9.17, 15) is 14.4 Å². The number of aryl methyl sites for hydroxylation is 1. The lowest BCUT2D eigenvalue weighted by Crippen LogP contribution is -2.49. The summed E-state index contributed by atoms with van der Waals surface area (Å²) in [5.41, 5.74) is 3.67. The average Bonchev–Trinajstić information content (AvgIpc) is 3.20. The van der Waals surface area contributed by atoms with E-state index >= 15 is 0 Å². The van der Waals surface area contributed by atoms with Gasteiger partial charge in [0, 0.05) is 29.8 Å². The Hall–Kier alpha value is -3.85. The van der Waals surface area contributed by atoms with E-state index in [1.807, 2.05) is 55.5 Å². The summed E-state index contributed by atoms with van der Waals surface area (Å²) >= 11 is 3.51. The Morgan fingerprint density at radius 3 is 2.52 bits per heavy atom. The Morgan fingerprint density at radius 2 is 1.80 bits per heavy atom. The van der Waals surface area contributed by atoms with Gasteiger partial charge in [-0.05, 0) is 59.6 Å². The second-order valence-corrected chi connectivity index (χ2v) is 10.8. The van der Waals surface area contributed by atoms with Crippen molar-refractivity contribution >= 4 is 39.4 Å². The molecular formula is C31H31BrN2O6. The quantitative estimate of drug-likeness (QED) is 0.359. The molecule has 0 radical (unpaired) electrons. The van der Waals surface area contributed by atoms with Gasteiger partial charge in [0.2, 0.25) is 11.8 Å². The summed E-state index contributed by atoms with van der Waals surface area (Å²) in [6.07, 6.45) is 0.647. The number of nitrogens with zero attached hydrogens (tertiary/aromatic N) is 2. The van der Waals surface area contributed by atoms with Gasteiger partial charge in [0.15, 0.2) is 0 Å². The molecule has 0 saturated carbocycles. The number of ether oxygens (including phenoxy) is 3. The van der Waals surface area contributed by atoms with Crippen LogP contribution in [-0.2, 0) is 20.9 Å². The number of hydrogen-bond acceptors (Lipinski definition) is 6. The van der Waals surface area contributed by atoms with Gasteiger partial charge in [-0.2, -0.15) is 0 Å². The predicted octanol–water partition coefficient (Wildman–Crippen LogP) is 5.46. The average molecular weight is 608 g/mol. The smallest absolute Gasteiger partial charge is 0.337 e. The Bertz CT molecular complexity index is 1440. The van der Waals surface area contributed by atoms with Crippen LogP contribution in [0.2, 0.25) is 0 Å². The van der Waals surface area contributed by atoms with Crippen molar-refractivity contribution in [2.75, 3.05) is 32.3 Å². The van der Waals surface area contributed by atoms with Gasteiger partial charge in [-0.1, -0.05) is 35.9 Å². The highest BCUT2D eigenvalue weighted by molar-refractivity contribution is 9.10. The van der Waals surface area contributed by atoms with E-state index < -0.39 is 17.9 Å². The van der Waals surface area contributed by atoms with Crippen LogP contribution < -0.4 is 14.4 Å². The van der Waals surface area contributed by atoms with Crippen molar-refractivity contribution in [2.45, 2.75) is 32.4 Å². The van der Waals surface area contributed by atoms with Crippen molar-refractivity contribution in [3.63, 3.8) is 0 Å². The number of benzene rings is 3. The number of amides is 2. The topological polar surface area (TPSA) is 85.4 Å². The summed E-state index contributed by atoms with van der Waals surface area (Å²) in [7, 11) is 2.92. The van der Waals surface area contributed by atoms with Crippen LogP contribution in [0.25, 0.3) is 0 Å². The van der Waals surface area contributed by atoms with Gasteiger partial charge in [-0.25, -0.2) is 4.79 Å². The van der Waals surface area contributed by atoms with E-state index in [4.69, 9.17) is 14.2 Å². The molecule has 1 fully saturated rings. The minimum absolute atomic E-state index is 0.0417. The van der Waals surface area contributed by atoms with E-state index in [2.05, 4.69) is 15.9 Å². The van der Waals surface area contributed by atoms with E-state index in [1.54, 1.807) is 29.0 Å². The molecule has 2 heterocycles. The van der Waals surface area contributed by atoms with Crippen LogP contribution in [0.5, 0.6) is 11.5 Å². The Labute approximate surface area is 241 Å². The lowest BCUT2D eigenvalue weighted by molar-refractivity contribution is -0.139. The summed E-state index contributed by atoms with van der Waals surface area (Å²) in [4.78, 5) is 43.6. The molecular weight excluding hydrogens is 576 g/mol. The third-order valence-electron chi connectivity index (χ3n) is 7.51. The van der Waals surface area contributed by atoms with E-state index in [0.717, 1.165) is 16.8 Å². The Balaban J connectivity index is 1.55. The molecule has 5 rings (SSSR count). The molecule has 0 spiro atoms. The summed E-state index contributed by atoms with van der Waals surface area (Å²) in [5.74, 6) is 0.0969. The molecule has 2 atom stereocenters. The molecule has 40 heavy (non-hydrogen) atoms. The monoisotopic (exact) mass is 606 g/mol. The van der Waals surface area contributed by atoms with Crippen molar-refractivity contribution in [1.82, 2.24) is 4.90 Å². The number of fused-ring (bicyclic) bond motifs is 1. The third-order valence-corrected chi connectivity index (χ3v) is 8.10. The van der Waals surface area contributed by atoms with Crippen molar-refractivity contribution in [1.29, 1.82) is 0 Å². The fourth-order valence-corrected chi connectivity index (χ4v) is 6.17. The number of carbonyl (C=O) groups excluding carboxylic acids is 3. The molecule has 2 aliphatic rings. The number of methoxy groups -OCH3 is 2. The molecule has 0 aromatic heterocycles. The molecule has 1 saturated heterocycles. The number of carbonyl (C=O) groups is 3. The minimum atomic E-state index is -0.565. The van der Waals surface area contributed by atoms with Crippen molar-refractivity contribution in [3.05, 3.63) is 87.4 Å². The van der Waals surface area contributed by atoms with E-state index in [1.165, 1.54) is 7.11 Å². The van der Waals surface area contributed by atoms with Crippen LogP contribution >= 0.6 is 15.9 Å². The molecule has 2 unspecified atom stereocenters. The number of piperidine rings is 1. The SMILES string of the molecule is COC(=O)c1cc(Br)c2c(c1)CN(C(=O)C1CCC(=O)N(c3ccc(C)cc3)C1c1ccccc1OC)CCO2. The zero-order chi connectivity index (χ0) is 28.4. The van der Waals surface area contributed by atoms with Gasteiger partial charge in [-0.3, -0.25) is 9.59 Å². The number of halogens is 1. The van der Waals surface area contributed by atoms with Crippen LogP contribution in [0, 0.1) is 12.8 Å². The predicted molar refractivity (Wildman–Crippen MR) is 154 cm³/mol. The van der Waals surface area contributed by atoms with Crippen LogP contribution in [0.15, 0.2) is 65.1 Å². The zero-order valence-corrected chi connectivity index (χ0v) is 24.3. The standard InChI is InChI=1S/C31H31BrN2O6/c1-19-8-10-22(11-9-19)34-27(35)13-12-24(28(34)23-6-4-5-7-26(23)38-2)30(36)33-14-15-40-29-21(18-33)16-20(17-25(29)32)31(37)39-3/h4-11,16-17,24,28H,12-15,18H2,1-3H3. The summed E-state index contributed by atoms with van der Waals surface area (Å²) in [6, 6.07) is 18.1. The molecule has 2 aliphatic heterocycles. The van der Waals surface area contributed by atoms with E-state index in [0.29, 0.717) is 46.7 Å². The maximum absolute atomic E-state index is 14.4. The first-order valence-electron chi connectivity index (χ1n) is 13.2. The van der Waals surface area contributed by atoms with Crippen molar-refractivity contribution in [3.8, 4) is 11.5 Å².